The minimum absolute atomic E-state index is 0.777. The van der Waals surface area contributed by atoms with Gasteiger partial charge in [-0.05, 0) is 34.7 Å². The maximum Gasteiger partial charge on any atom is 0.0998 e. The molecule has 0 aliphatic carbocycles. The molecule has 0 saturated heterocycles. The molecular weight excluding hydrogens is 292 g/mol. The van der Waals surface area contributed by atoms with Crippen molar-refractivity contribution in [1.29, 1.82) is 5.26 Å². The smallest absolute Gasteiger partial charge is 0.0998 e. The number of nitriles is 1. The molecule has 0 fully saturated rings. The minimum Gasteiger partial charge on any atom is -0.192 e. The predicted molar refractivity (Wildman–Crippen MR) is 63.9 cm³/mol. The Kier molecular flexibility index (Phi) is 2.48. The molecule has 3 heteroatoms. The van der Waals surface area contributed by atoms with Crippen molar-refractivity contribution in [2.24, 2.45) is 0 Å². The number of halogens is 1. The lowest BCUT2D eigenvalue weighted by atomic mass is 10.2. The van der Waals surface area contributed by atoms with Gasteiger partial charge in [0.15, 0.2) is 0 Å². The third-order valence-corrected chi connectivity index (χ3v) is 3.81. The van der Waals surface area contributed by atoms with Crippen LogP contribution in [0, 0.1) is 14.6 Å². The number of rotatable bonds is 0. The van der Waals surface area contributed by atoms with Crippen LogP contribution in [-0.4, -0.2) is 0 Å². The largest absolute Gasteiger partial charge is 0.192 e. The predicted octanol–water partition coefficient (Wildman–Crippen LogP) is 3.90. The van der Waals surface area contributed by atoms with E-state index in [2.05, 4.69) is 34.7 Å². The molecular formula is C10H5INP. The van der Waals surface area contributed by atoms with Crippen molar-refractivity contribution in [3.63, 3.8) is 0 Å². The quantitative estimate of drug-likeness (QED) is 0.677. The van der Waals surface area contributed by atoms with Gasteiger partial charge >= 0.3 is 0 Å². The molecule has 62 valence electrons. The van der Waals surface area contributed by atoms with Gasteiger partial charge in [0.1, 0.15) is 0 Å². The van der Waals surface area contributed by atoms with Crippen LogP contribution >= 0.6 is 30.8 Å². The van der Waals surface area contributed by atoms with Gasteiger partial charge in [0.2, 0.25) is 0 Å². The van der Waals surface area contributed by atoms with Crippen LogP contribution in [0.15, 0.2) is 30.3 Å². The van der Waals surface area contributed by atoms with Crippen LogP contribution in [0.25, 0.3) is 10.5 Å². The summed E-state index contributed by atoms with van der Waals surface area (Å²) in [7, 11) is 1.21. The van der Waals surface area contributed by atoms with Gasteiger partial charge in [0, 0.05) is 13.8 Å². The molecule has 2 rings (SSSR count). The van der Waals surface area contributed by atoms with Gasteiger partial charge in [-0.1, -0.05) is 26.4 Å². The van der Waals surface area contributed by atoms with E-state index in [0.717, 1.165) is 10.9 Å². The van der Waals surface area contributed by atoms with Crippen LogP contribution in [0.2, 0.25) is 0 Å². The van der Waals surface area contributed by atoms with E-state index in [1.54, 1.807) is 0 Å². The summed E-state index contributed by atoms with van der Waals surface area (Å²) in [4.78, 5) is 0. The highest BCUT2D eigenvalue weighted by Gasteiger charge is 2.01. The van der Waals surface area contributed by atoms with Gasteiger partial charge in [0.05, 0.1) is 11.6 Å². The lowest BCUT2D eigenvalue weighted by Gasteiger charge is -1.99. The fraction of sp³-hybridized carbons (Fsp3) is 0. The Labute approximate surface area is 91.6 Å². The van der Waals surface area contributed by atoms with Gasteiger partial charge in [-0.15, -0.1) is 0 Å². The van der Waals surface area contributed by atoms with Gasteiger partial charge in [-0.3, -0.25) is 0 Å². The van der Waals surface area contributed by atoms with Crippen molar-refractivity contribution >= 4 is 41.3 Å². The molecule has 0 bridgehead atoms. The van der Waals surface area contributed by atoms with Gasteiger partial charge in [0.25, 0.3) is 0 Å². The minimum atomic E-state index is 0.777. The Balaban J connectivity index is 2.91. The SMILES string of the molecule is N#Cc1cc(I)pc2ccccc12. The van der Waals surface area contributed by atoms with Crippen LogP contribution in [0.5, 0.6) is 0 Å². The van der Waals surface area contributed by atoms with E-state index in [4.69, 9.17) is 5.26 Å². The molecule has 2 aromatic rings. The maximum atomic E-state index is 8.92. The summed E-state index contributed by atoms with van der Waals surface area (Å²) in [5.74, 6) is 0. The van der Waals surface area contributed by atoms with Crippen LogP contribution in [-0.2, 0) is 0 Å². The monoisotopic (exact) mass is 297 g/mol. The number of fused-ring (bicyclic) bond motifs is 1. The standard InChI is InChI=1S/C10H5INP/c11-10-5-7(6-12)8-3-1-2-4-9(8)13-10/h1-5H. The molecule has 0 amide bonds. The van der Waals surface area contributed by atoms with E-state index in [0.29, 0.717) is 0 Å². The van der Waals surface area contributed by atoms with E-state index in [9.17, 15) is 0 Å². The van der Waals surface area contributed by atoms with Crippen molar-refractivity contribution in [3.05, 3.63) is 39.2 Å². The first-order chi connectivity index (χ1) is 6.31. The van der Waals surface area contributed by atoms with Crippen LogP contribution < -0.4 is 0 Å². The number of nitrogens with zero attached hydrogens (tertiary/aromatic N) is 1. The Bertz CT molecular complexity index is 502. The zero-order chi connectivity index (χ0) is 9.26. The number of benzene rings is 1. The third-order valence-electron chi connectivity index (χ3n) is 1.81. The molecule has 0 spiro atoms. The van der Waals surface area contributed by atoms with Crippen molar-refractivity contribution < 1.29 is 0 Å². The van der Waals surface area contributed by atoms with Crippen molar-refractivity contribution in [2.45, 2.75) is 0 Å². The van der Waals surface area contributed by atoms with Crippen LogP contribution in [0.1, 0.15) is 5.56 Å². The van der Waals surface area contributed by atoms with Crippen molar-refractivity contribution in [1.82, 2.24) is 0 Å². The third kappa shape index (κ3) is 1.67. The van der Waals surface area contributed by atoms with Gasteiger partial charge in [-0.2, -0.15) is 5.26 Å². The summed E-state index contributed by atoms with van der Waals surface area (Å²) in [6.07, 6.45) is 0. The Morgan fingerprint density at radius 2 is 2.08 bits per heavy atom. The van der Waals surface area contributed by atoms with Crippen LogP contribution in [0.4, 0.5) is 0 Å². The molecule has 0 saturated carbocycles. The first-order valence-electron chi connectivity index (χ1n) is 3.76. The molecule has 0 unspecified atom stereocenters. The fourth-order valence-electron chi connectivity index (χ4n) is 1.24. The highest BCUT2D eigenvalue weighted by Crippen LogP contribution is 2.30. The molecule has 13 heavy (non-hydrogen) atoms. The summed E-state index contributed by atoms with van der Waals surface area (Å²) >= 11 is 2.27. The number of hydrogen-bond donors (Lipinski definition) is 0. The highest BCUT2D eigenvalue weighted by molar-refractivity contribution is 14.1. The van der Waals surface area contributed by atoms with E-state index in [-0.39, 0.29) is 0 Å². The van der Waals surface area contributed by atoms with Crippen molar-refractivity contribution in [3.8, 4) is 6.07 Å². The molecule has 0 aliphatic rings. The highest BCUT2D eigenvalue weighted by atomic mass is 127. The molecule has 1 aromatic carbocycles. The molecule has 1 aromatic heterocycles. The van der Waals surface area contributed by atoms with Gasteiger partial charge < -0.3 is 0 Å². The zero-order valence-corrected chi connectivity index (χ0v) is 9.71. The summed E-state index contributed by atoms with van der Waals surface area (Å²) < 4.78 is 1.20. The summed E-state index contributed by atoms with van der Waals surface area (Å²) in [6.45, 7) is 0. The average Bonchev–Trinajstić information content (AvgIpc) is 2.16. The first kappa shape index (κ1) is 8.93. The second kappa shape index (κ2) is 3.61. The number of hydrogen-bond acceptors (Lipinski definition) is 1. The fourth-order valence-corrected chi connectivity index (χ4v) is 3.23. The topological polar surface area (TPSA) is 23.8 Å². The Hall–Kier alpha value is -0.650. The average molecular weight is 297 g/mol. The Morgan fingerprint density at radius 1 is 1.31 bits per heavy atom. The maximum absolute atomic E-state index is 8.92. The molecule has 0 radical (unpaired) electrons. The Morgan fingerprint density at radius 3 is 2.85 bits per heavy atom. The van der Waals surface area contributed by atoms with E-state index >= 15 is 0 Å². The van der Waals surface area contributed by atoms with E-state index in [1.165, 1.54) is 16.6 Å². The second-order valence-electron chi connectivity index (χ2n) is 2.62. The summed E-state index contributed by atoms with van der Waals surface area (Å²) in [5.41, 5.74) is 0.777. The first-order valence-corrected chi connectivity index (χ1v) is 5.74. The summed E-state index contributed by atoms with van der Waals surface area (Å²) in [5, 5.41) is 11.2. The van der Waals surface area contributed by atoms with Crippen molar-refractivity contribution in [2.75, 3.05) is 0 Å². The molecule has 1 nitrogen and oxygen atoms in total. The molecule has 0 atom stereocenters. The second-order valence-corrected chi connectivity index (χ2v) is 5.82. The lowest BCUT2D eigenvalue weighted by molar-refractivity contribution is 1.51. The summed E-state index contributed by atoms with van der Waals surface area (Å²) in [6, 6.07) is 12.2. The molecule has 1 heterocycles. The van der Waals surface area contributed by atoms with E-state index < -0.39 is 0 Å². The van der Waals surface area contributed by atoms with Gasteiger partial charge in [-0.25, -0.2) is 0 Å². The normalized spacial score (nSPS) is 10.5. The molecule has 0 N–H and O–H groups in total. The molecule has 0 aliphatic heterocycles. The zero-order valence-electron chi connectivity index (χ0n) is 6.66. The van der Waals surface area contributed by atoms with Crippen LogP contribution in [0.3, 0.4) is 0 Å². The lowest BCUT2D eigenvalue weighted by Crippen LogP contribution is -1.77. The van der Waals surface area contributed by atoms with E-state index in [1.807, 2.05) is 24.3 Å².